The van der Waals surface area contributed by atoms with Crippen molar-refractivity contribution in [2.45, 2.75) is 19.8 Å². The molecule has 7 heavy (non-hydrogen) atoms. The van der Waals surface area contributed by atoms with Crippen LogP contribution >= 0.6 is 0 Å². The van der Waals surface area contributed by atoms with Gasteiger partial charge in [-0.1, -0.05) is 0 Å². The predicted molar refractivity (Wildman–Crippen MR) is 32.4 cm³/mol. The predicted octanol–water partition coefficient (Wildman–Crippen LogP) is 0.506. The minimum atomic E-state index is 0.757. The Balaban J connectivity index is 2.56. The molecule has 0 saturated carbocycles. The first-order chi connectivity index (χ1) is 3.41. The average molecular weight is 94.7 g/mol. The summed E-state index contributed by atoms with van der Waals surface area (Å²) in [6.45, 7) is 2.87. The summed E-state index contributed by atoms with van der Waals surface area (Å²) in [5, 5.41) is 0. The Morgan fingerprint density at radius 1 is 1.71 bits per heavy atom. The first-order valence-corrected chi connectivity index (χ1v) is 2.56. The molecule has 1 nitrogen and oxygen atoms in total. The summed E-state index contributed by atoms with van der Waals surface area (Å²) in [6.07, 6.45) is 2.25. The second-order valence-corrected chi connectivity index (χ2v) is 1.36. The van der Waals surface area contributed by atoms with Gasteiger partial charge in [-0.15, -0.1) is 0 Å². The Labute approximate surface area is 46.4 Å². The first kappa shape index (κ1) is 6.93. The molecule has 0 spiro atoms. The van der Waals surface area contributed by atoms with E-state index in [0.717, 1.165) is 19.4 Å². The molecule has 0 fully saturated rings. The van der Waals surface area contributed by atoms with Crippen LogP contribution in [0.15, 0.2) is 0 Å². The number of unbranched alkanes of at least 4 members (excludes halogenated alkanes) is 1. The molecule has 0 saturated heterocycles. The van der Waals surface area contributed by atoms with Crippen molar-refractivity contribution in [1.29, 1.82) is 0 Å². The van der Waals surface area contributed by atoms with E-state index in [0.29, 0.717) is 0 Å². The third kappa shape index (κ3) is 5.93. The van der Waals surface area contributed by atoms with Gasteiger partial charge in [-0.3, -0.25) is 0 Å². The number of rotatable bonds is 4. The van der Waals surface area contributed by atoms with Crippen LogP contribution in [0.2, 0.25) is 0 Å². The molecule has 3 heteroatoms. The third-order valence-corrected chi connectivity index (χ3v) is 0.712. The van der Waals surface area contributed by atoms with Gasteiger partial charge in [0.1, 0.15) is 0 Å². The molecule has 0 unspecified atom stereocenters. The summed E-state index contributed by atoms with van der Waals surface area (Å²) in [4.78, 5) is 0. The van der Waals surface area contributed by atoms with Crippen LogP contribution in [0, 0.1) is 0 Å². The van der Waals surface area contributed by atoms with Crippen LogP contribution < -0.4 is 0 Å². The van der Waals surface area contributed by atoms with E-state index in [9.17, 15) is 0 Å². The van der Waals surface area contributed by atoms with Crippen molar-refractivity contribution >= 4 is 14.4 Å². The fraction of sp³-hybridized carbons (Fsp3) is 1.00. The molecule has 1 radical (unpaired) electrons. The summed E-state index contributed by atoms with van der Waals surface area (Å²) in [7, 11) is 6.15. The monoisotopic (exact) mass is 95.1 g/mol. The van der Waals surface area contributed by atoms with Crippen molar-refractivity contribution in [3.8, 4) is 0 Å². The Kier molecular flexibility index (Phi) is 5.87. The summed E-state index contributed by atoms with van der Waals surface area (Å²) in [5.41, 5.74) is 0. The number of hydrogen-bond donors (Lipinski definition) is 0. The Morgan fingerprint density at radius 3 is 2.86 bits per heavy atom. The topological polar surface area (TPSA) is 9.23 Å². The molecule has 0 rings (SSSR count). The molecule has 0 atom stereocenters. The molecule has 0 heterocycles. The molecule has 0 aliphatic rings. The van der Waals surface area contributed by atoms with E-state index in [-0.39, 0.29) is 0 Å². The van der Waals surface area contributed by atoms with Gasteiger partial charge in [-0.25, -0.2) is 0 Å². The zero-order chi connectivity index (χ0) is 5.54. The Morgan fingerprint density at radius 2 is 2.43 bits per heavy atom. The fourth-order valence-electron chi connectivity index (χ4n) is 0.296. The van der Waals surface area contributed by atoms with E-state index >= 15 is 0 Å². The van der Waals surface area contributed by atoms with Crippen molar-refractivity contribution < 1.29 is 4.65 Å². The summed E-state index contributed by atoms with van der Waals surface area (Å²) in [5.74, 6) is 0. The molecule has 0 aromatic carbocycles. The van der Waals surface area contributed by atoms with Gasteiger partial charge in [-0.05, 0) is 0 Å². The minimum absolute atomic E-state index is 0.757. The van der Waals surface area contributed by atoms with E-state index in [1.807, 2.05) is 0 Å². The van der Waals surface area contributed by atoms with Crippen molar-refractivity contribution in [2.24, 2.45) is 0 Å². The zero-order valence-corrected chi connectivity index (χ0v) is 4.68. The van der Waals surface area contributed by atoms with E-state index in [1.165, 1.54) is 7.00 Å². The third-order valence-electron chi connectivity index (χ3n) is 0.712. The second kappa shape index (κ2) is 5.93. The van der Waals surface area contributed by atoms with Crippen LogP contribution in [0.4, 0.5) is 0 Å². The fourth-order valence-corrected chi connectivity index (χ4v) is 0.296. The molecule has 0 aliphatic carbocycles. The van der Waals surface area contributed by atoms with Gasteiger partial charge >= 0.3 is 45.4 Å². The molecular weight excluding hydrogens is 85.7 g/mol. The van der Waals surface area contributed by atoms with E-state index in [1.54, 1.807) is 0 Å². The second-order valence-electron chi connectivity index (χ2n) is 1.36. The van der Waals surface area contributed by atoms with Crippen LogP contribution in [0.5, 0.6) is 0 Å². The summed E-state index contributed by atoms with van der Waals surface area (Å²) < 4.78 is 4.73. The molecule has 0 aromatic rings. The van der Waals surface area contributed by atoms with E-state index in [4.69, 9.17) is 12.0 Å². The number of hydrogen-bond acceptors (Lipinski definition) is 1. The quantitative estimate of drug-likeness (QED) is 0.365. The molecule has 0 amide bonds. The summed E-state index contributed by atoms with van der Waals surface area (Å²) in [6, 6.07) is 0. The normalized spacial score (nSPS) is 7.43. The van der Waals surface area contributed by atoms with Crippen LogP contribution in [-0.4, -0.2) is 21.0 Å². The van der Waals surface area contributed by atoms with Crippen LogP contribution in [0.3, 0.4) is 0 Å². The molecule has 0 bridgehead atoms. The SMILES string of the molecule is [B]=BOCCCC. The van der Waals surface area contributed by atoms with Gasteiger partial charge in [-0.2, -0.15) is 0 Å². The van der Waals surface area contributed by atoms with Crippen LogP contribution in [0.1, 0.15) is 19.8 Å². The van der Waals surface area contributed by atoms with Gasteiger partial charge in [0.15, 0.2) is 0 Å². The Hall–Kier alpha value is -0.0701. The van der Waals surface area contributed by atoms with Crippen molar-refractivity contribution in [3.05, 3.63) is 0 Å². The van der Waals surface area contributed by atoms with Crippen LogP contribution in [0.25, 0.3) is 0 Å². The molecule has 0 aromatic heterocycles. The molecule has 0 N–H and O–H groups in total. The summed E-state index contributed by atoms with van der Waals surface area (Å²) >= 11 is 0. The van der Waals surface area contributed by atoms with Crippen molar-refractivity contribution in [1.82, 2.24) is 0 Å². The van der Waals surface area contributed by atoms with Gasteiger partial charge in [0, 0.05) is 0 Å². The average Bonchev–Trinajstić information content (AvgIpc) is 1.69. The standard InChI is InChI=1S/C4H9B2O/c1-2-3-4-7-6-5/h2-4H2,1H3. The van der Waals surface area contributed by atoms with E-state index in [2.05, 4.69) is 6.92 Å². The van der Waals surface area contributed by atoms with Crippen molar-refractivity contribution in [2.75, 3.05) is 6.61 Å². The molecule has 37 valence electrons. The van der Waals surface area contributed by atoms with Crippen molar-refractivity contribution in [3.63, 3.8) is 0 Å². The zero-order valence-electron chi connectivity index (χ0n) is 4.68. The molecular formula is C4H9B2O. The first-order valence-electron chi connectivity index (χ1n) is 2.56. The maximum atomic E-state index is 4.92. The Bertz CT molecular complexity index is 47.0. The van der Waals surface area contributed by atoms with Crippen LogP contribution in [-0.2, 0) is 4.65 Å². The van der Waals surface area contributed by atoms with Gasteiger partial charge in [0.05, 0.1) is 0 Å². The van der Waals surface area contributed by atoms with Gasteiger partial charge < -0.3 is 0 Å². The molecule has 0 aliphatic heterocycles. The van der Waals surface area contributed by atoms with E-state index < -0.39 is 0 Å². The van der Waals surface area contributed by atoms with Gasteiger partial charge in [0.25, 0.3) is 0 Å². The van der Waals surface area contributed by atoms with Gasteiger partial charge in [0.2, 0.25) is 0 Å². The maximum absolute atomic E-state index is 4.92.